The van der Waals surface area contributed by atoms with Crippen LogP contribution in [-0.4, -0.2) is 59.1 Å². The second-order valence-electron chi connectivity index (χ2n) is 8.91. The Morgan fingerprint density at radius 3 is 2.63 bits per heavy atom. The molecule has 38 heavy (non-hydrogen) atoms. The molecule has 10 nitrogen and oxygen atoms in total. The number of hydrogen-bond donors (Lipinski definition) is 1. The van der Waals surface area contributed by atoms with Gasteiger partial charge >= 0.3 is 6.01 Å². The summed E-state index contributed by atoms with van der Waals surface area (Å²) < 4.78 is 11.4. The van der Waals surface area contributed by atoms with Gasteiger partial charge in [-0.1, -0.05) is 59.7 Å². The first-order valence-corrected chi connectivity index (χ1v) is 12.3. The Bertz CT molecular complexity index is 1550. The zero-order chi connectivity index (χ0) is 25.9. The molecule has 2 aromatic carbocycles. The minimum atomic E-state index is -0.918. The number of ketones is 1. The van der Waals surface area contributed by atoms with Gasteiger partial charge in [0, 0.05) is 36.8 Å². The van der Waals surface area contributed by atoms with Crippen LogP contribution >= 0.6 is 0 Å². The van der Waals surface area contributed by atoms with E-state index in [1.807, 2.05) is 54.6 Å². The molecule has 2 aromatic heterocycles. The number of nitrogens with zero attached hydrogens (tertiary/aromatic N) is 6. The van der Waals surface area contributed by atoms with Crippen LogP contribution in [0.1, 0.15) is 22.3 Å². The quantitative estimate of drug-likeness (QED) is 0.434. The molecule has 1 atom stereocenters. The van der Waals surface area contributed by atoms with E-state index in [2.05, 4.69) is 31.5 Å². The number of nitrogens with one attached hydrogen (secondary N) is 1. The van der Waals surface area contributed by atoms with Crippen molar-refractivity contribution in [3.63, 3.8) is 0 Å². The predicted octanol–water partition coefficient (Wildman–Crippen LogP) is 3.24. The van der Waals surface area contributed by atoms with Crippen LogP contribution in [0.4, 0.5) is 11.7 Å². The van der Waals surface area contributed by atoms with Crippen LogP contribution in [0.2, 0.25) is 0 Å². The summed E-state index contributed by atoms with van der Waals surface area (Å²) in [5.41, 5.74) is 5.05. The van der Waals surface area contributed by atoms with Gasteiger partial charge < -0.3 is 19.4 Å². The third-order valence-corrected chi connectivity index (χ3v) is 6.48. The Labute approximate surface area is 218 Å². The number of nitriles is 1. The molecule has 0 unspecified atom stereocenters. The molecule has 4 aromatic rings. The molecule has 0 saturated carbocycles. The minimum absolute atomic E-state index is 0.0551. The van der Waals surface area contributed by atoms with E-state index in [9.17, 15) is 10.1 Å². The highest BCUT2D eigenvalue weighted by Crippen LogP contribution is 2.31. The summed E-state index contributed by atoms with van der Waals surface area (Å²) in [6.07, 6.45) is 0.769. The van der Waals surface area contributed by atoms with Gasteiger partial charge in [0.25, 0.3) is 5.89 Å². The highest BCUT2D eigenvalue weighted by Gasteiger charge is 2.28. The van der Waals surface area contributed by atoms with Crippen LogP contribution in [0.5, 0.6) is 0 Å². The van der Waals surface area contributed by atoms with Gasteiger partial charge in [0.2, 0.25) is 0 Å². The predicted molar refractivity (Wildman–Crippen MR) is 140 cm³/mol. The van der Waals surface area contributed by atoms with Crippen molar-refractivity contribution in [2.24, 2.45) is 4.99 Å². The van der Waals surface area contributed by atoms with E-state index in [0.717, 1.165) is 16.7 Å². The Balaban J connectivity index is 1.33. The number of benzene rings is 2. The second-order valence-corrected chi connectivity index (χ2v) is 8.91. The van der Waals surface area contributed by atoms with Crippen molar-refractivity contribution in [3.05, 3.63) is 89.1 Å². The number of morpholine rings is 1. The van der Waals surface area contributed by atoms with Crippen LogP contribution in [-0.2, 0) is 16.0 Å². The largest absolute Gasteiger partial charge is 0.402 e. The number of Topliss-reactive ketones (excluding diaryl/α,β-unsaturated/α-hetero) is 1. The number of carbonyl (C=O) groups is 1. The van der Waals surface area contributed by atoms with Gasteiger partial charge in [-0.15, -0.1) is 5.10 Å². The van der Waals surface area contributed by atoms with E-state index < -0.39 is 6.17 Å². The standard InChI is InChI=1S/C28H23N7O3/c29-16-18-14-22(35-10-12-37-13-11-35)25(30-17-18)27-33-34-28(38-27)32-26-23(36)15-20-8-4-5-9-21(20)24(31-26)19-6-2-1-3-7-19/h1-9,14,17,26H,10-13,15H2,(H,32,34)/t26-/m1/s1. The van der Waals surface area contributed by atoms with Crippen LogP contribution in [0.15, 0.2) is 76.3 Å². The van der Waals surface area contributed by atoms with E-state index in [-0.39, 0.29) is 24.1 Å². The molecule has 188 valence electrons. The molecule has 0 amide bonds. The fourth-order valence-electron chi connectivity index (χ4n) is 4.62. The normalized spacial score (nSPS) is 17.2. The molecule has 0 spiro atoms. The first kappa shape index (κ1) is 23.5. The zero-order valence-electron chi connectivity index (χ0n) is 20.4. The SMILES string of the molecule is N#Cc1cnc(-c2nnc(N[C@H]3N=C(c4ccccc4)c4ccccc4CC3=O)o2)c(N2CCOCC2)c1. The number of fused-ring (bicyclic) bond motifs is 1. The molecule has 1 saturated heterocycles. The summed E-state index contributed by atoms with van der Waals surface area (Å²) in [6, 6.07) is 21.5. The number of pyridine rings is 1. The van der Waals surface area contributed by atoms with E-state index in [4.69, 9.17) is 14.1 Å². The Morgan fingerprint density at radius 2 is 1.82 bits per heavy atom. The van der Waals surface area contributed by atoms with Gasteiger partial charge in [0.1, 0.15) is 6.07 Å². The van der Waals surface area contributed by atoms with Crippen molar-refractivity contribution in [2.75, 3.05) is 36.5 Å². The van der Waals surface area contributed by atoms with E-state index in [0.29, 0.717) is 49.0 Å². The Hall–Kier alpha value is -4.88. The first-order chi connectivity index (χ1) is 18.7. The van der Waals surface area contributed by atoms with Crippen molar-refractivity contribution in [1.82, 2.24) is 15.2 Å². The van der Waals surface area contributed by atoms with Crippen molar-refractivity contribution in [2.45, 2.75) is 12.6 Å². The van der Waals surface area contributed by atoms with E-state index in [1.165, 1.54) is 6.20 Å². The zero-order valence-corrected chi connectivity index (χ0v) is 20.4. The number of rotatable bonds is 5. The highest BCUT2D eigenvalue weighted by atomic mass is 16.5. The van der Waals surface area contributed by atoms with Gasteiger partial charge in [-0.05, 0) is 11.6 Å². The summed E-state index contributed by atoms with van der Waals surface area (Å²) >= 11 is 0. The number of ether oxygens (including phenoxy) is 1. The molecule has 1 fully saturated rings. The summed E-state index contributed by atoms with van der Waals surface area (Å²) in [4.78, 5) is 24.6. The number of anilines is 2. The number of aliphatic imine (C=N–C) groups is 1. The molecule has 10 heteroatoms. The van der Waals surface area contributed by atoms with E-state index >= 15 is 0 Å². The maximum absolute atomic E-state index is 13.2. The van der Waals surface area contributed by atoms with Crippen molar-refractivity contribution < 1.29 is 13.9 Å². The molecule has 0 radical (unpaired) electrons. The topological polar surface area (TPSA) is 130 Å². The summed E-state index contributed by atoms with van der Waals surface area (Å²) in [6.45, 7) is 2.44. The molecule has 2 aliphatic rings. The van der Waals surface area contributed by atoms with Crippen LogP contribution in [0.3, 0.4) is 0 Å². The lowest BCUT2D eigenvalue weighted by atomic mass is 9.96. The maximum atomic E-state index is 13.2. The molecule has 2 aliphatic heterocycles. The van der Waals surface area contributed by atoms with Crippen molar-refractivity contribution >= 4 is 23.2 Å². The average molecular weight is 506 g/mol. The fourth-order valence-corrected chi connectivity index (χ4v) is 4.62. The maximum Gasteiger partial charge on any atom is 0.317 e. The summed E-state index contributed by atoms with van der Waals surface area (Å²) in [5.74, 6) is 0.0590. The number of aromatic nitrogens is 3. The molecular formula is C28H23N7O3. The van der Waals surface area contributed by atoms with Gasteiger partial charge in [-0.2, -0.15) is 5.26 Å². The third kappa shape index (κ3) is 4.63. The van der Waals surface area contributed by atoms with E-state index in [1.54, 1.807) is 6.07 Å². The molecule has 0 aliphatic carbocycles. The third-order valence-electron chi connectivity index (χ3n) is 6.48. The van der Waals surface area contributed by atoms with Crippen molar-refractivity contribution in [1.29, 1.82) is 5.26 Å². The molecule has 1 N–H and O–H groups in total. The Kier molecular flexibility index (Phi) is 6.34. The first-order valence-electron chi connectivity index (χ1n) is 12.3. The molecule has 6 rings (SSSR count). The average Bonchev–Trinajstić information content (AvgIpc) is 3.39. The molecule has 0 bridgehead atoms. The number of hydrogen-bond acceptors (Lipinski definition) is 10. The van der Waals surface area contributed by atoms with Crippen LogP contribution in [0, 0.1) is 11.3 Å². The lowest BCUT2D eigenvalue weighted by Gasteiger charge is -2.29. The van der Waals surface area contributed by atoms with Gasteiger partial charge in [0.15, 0.2) is 17.6 Å². The summed E-state index contributed by atoms with van der Waals surface area (Å²) in [5, 5.41) is 20.7. The molecular weight excluding hydrogens is 482 g/mol. The van der Waals surface area contributed by atoms with Crippen LogP contribution < -0.4 is 10.2 Å². The second kappa shape index (κ2) is 10.2. The smallest absolute Gasteiger partial charge is 0.317 e. The number of carbonyl (C=O) groups excluding carboxylic acids is 1. The van der Waals surface area contributed by atoms with Crippen molar-refractivity contribution in [3.8, 4) is 17.7 Å². The lowest BCUT2D eigenvalue weighted by molar-refractivity contribution is -0.119. The summed E-state index contributed by atoms with van der Waals surface area (Å²) in [7, 11) is 0. The van der Waals surface area contributed by atoms with Crippen LogP contribution in [0.25, 0.3) is 11.6 Å². The monoisotopic (exact) mass is 505 g/mol. The lowest BCUT2D eigenvalue weighted by Crippen LogP contribution is -2.36. The molecule has 4 heterocycles. The fraction of sp³-hybridized carbons (Fsp3) is 0.214. The van der Waals surface area contributed by atoms with Gasteiger partial charge in [-0.25, -0.2) is 4.98 Å². The van der Waals surface area contributed by atoms with Gasteiger partial charge in [-0.3, -0.25) is 9.79 Å². The van der Waals surface area contributed by atoms with Gasteiger partial charge in [0.05, 0.1) is 30.2 Å². The minimum Gasteiger partial charge on any atom is -0.402 e. The Morgan fingerprint density at radius 1 is 1.03 bits per heavy atom. The highest BCUT2D eigenvalue weighted by molar-refractivity contribution is 6.16.